The van der Waals surface area contributed by atoms with Gasteiger partial charge in [0.05, 0.1) is 6.61 Å². The summed E-state index contributed by atoms with van der Waals surface area (Å²) in [5.74, 6) is -0.253. The highest BCUT2D eigenvalue weighted by molar-refractivity contribution is 7.89. The van der Waals surface area contributed by atoms with Gasteiger partial charge in [0.1, 0.15) is 34.2 Å². The van der Waals surface area contributed by atoms with Gasteiger partial charge in [0, 0.05) is 40.8 Å². The lowest BCUT2D eigenvalue weighted by atomic mass is 10.0. The molecule has 38 heavy (non-hydrogen) atoms. The monoisotopic (exact) mass is 574 g/mol. The predicted octanol–water partition coefficient (Wildman–Crippen LogP) is 4.41. The van der Waals surface area contributed by atoms with E-state index in [1.54, 1.807) is 24.4 Å². The second kappa shape index (κ2) is 10.5. The number of benzene rings is 2. The van der Waals surface area contributed by atoms with Crippen molar-refractivity contribution in [2.75, 3.05) is 26.3 Å². The third-order valence-corrected chi connectivity index (χ3v) is 8.74. The van der Waals surface area contributed by atoms with E-state index in [-0.39, 0.29) is 36.9 Å². The molecular weight excluding hydrogens is 551 g/mol. The maximum Gasteiger partial charge on any atom is 0.266 e. The highest BCUT2D eigenvalue weighted by Crippen LogP contribution is 2.32. The summed E-state index contributed by atoms with van der Waals surface area (Å²) in [7, 11) is -4.11. The van der Waals surface area contributed by atoms with Crippen molar-refractivity contribution in [1.82, 2.24) is 14.3 Å². The van der Waals surface area contributed by atoms with Crippen molar-refractivity contribution in [3.05, 3.63) is 76.2 Å². The van der Waals surface area contributed by atoms with E-state index in [9.17, 15) is 13.2 Å². The van der Waals surface area contributed by atoms with Gasteiger partial charge in [-0.3, -0.25) is 4.79 Å². The van der Waals surface area contributed by atoms with Crippen molar-refractivity contribution in [3.63, 3.8) is 0 Å². The molecule has 0 bridgehead atoms. The van der Waals surface area contributed by atoms with E-state index < -0.39 is 22.0 Å². The van der Waals surface area contributed by atoms with E-state index in [1.165, 1.54) is 10.4 Å². The molecule has 3 N–H and O–H groups in total. The summed E-state index contributed by atoms with van der Waals surface area (Å²) < 4.78 is 40.4. The number of aromatic nitrogens is 2. The molecule has 0 spiro atoms. The molecule has 12 heteroatoms. The van der Waals surface area contributed by atoms with Gasteiger partial charge < -0.3 is 20.2 Å². The van der Waals surface area contributed by atoms with Crippen molar-refractivity contribution < 1.29 is 22.7 Å². The normalized spacial score (nSPS) is 16.6. The summed E-state index contributed by atoms with van der Waals surface area (Å²) >= 11 is 12.0. The first-order valence-electron chi connectivity index (χ1n) is 11.7. The van der Waals surface area contributed by atoms with Gasteiger partial charge in [-0.2, -0.15) is 4.31 Å². The van der Waals surface area contributed by atoms with Crippen LogP contribution in [-0.2, 0) is 14.8 Å². The molecule has 3 heterocycles. The lowest BCUT2D eigenvalue weighted by Gasteiger charge is -2.32. The molecular formula is C26H24Cl2N4O5S. The van der Waals surface area contributed by atoms with E-state index in [4.69, 9.17) is 38.4 Å². The van der Waals surface area contributed by atoms with Crippen molar-refractivity contribution in [2.45, 2.75) is 17.9 Å². The number of aryl methyl sites for hydroxylation is 1. The standard InChI is InChI=1S/C26H24Cl2N4O5S/c1-15-10-18(4-5-20(15)16-2-7-23(28)30-12-16)37-14-19-13-32(8-9-36-19)38(34,35)25-21-11-17(27)3-6-22(21)31-24(25)26(29)33/h2-7,10-12,19,31H,8-9,13-14H2,1H3,(H2,29,33)/t19-/m0/s1. The Morgan fingerprint density at radius 1 is 1.21 bits per heavy atom. The van der Waals surface area contributed by atoms with Gasteiger partial charge in [-0.1, -0.05) is 29.3 Å². The Balaban J connectivity index is 1.32. The third-order valence-electron chi connectivity index (χ3n) is 6.33. The number of aromatic amines is 1. The van der Waals surface area contributed by atoms with Crippen LogP contribution in [0.15, 0.2) is 59.6 Å². The molecule has 0 saturated carbocycles. The van der Waals surface area contributed by atoms with Crippen LogP contribution >= 0.6 is 23.2 Å². The van der Waals surface area contributed by atoms with Crippen LogP contribution in [0.2, 0.25) is 10.2 Å². The van der Waals surface area contributed by atoms with E-state index in [1.807, 2.05) is 31.2 Å². The van der Waals surface area contributed by atoms with E-state index in [0.29, 0.717) is 26.8 Å². The fourth-order valence-corrected chi connectivity index (χ4v) is 6.57. The van der Waals surface area contributed by atoms with Crippen molar-refractivity contribution in [2.24, 2.45) is 5.73 Å². The first-order chi connectivity index (χ1) is 18.1. The SMILES string of the molecule is Cc1cc(OC[C@@H]2CN(S(=O)(=O)c3c(C(N)=O)[nH]c4ccc(Cl)cc34)CCO2)ccc1-c1ccc(Cl)nc1. The van der Waals surface area contributed by atoms with Gasteiger partial charge in [0.2, 0.25) is 10.0 Å². The Morgan fingerprint density at radius 2 is 2.03 bits per heavy atom. The summed E-state index contributed by atoms with van der Waals surface area (Å²) in [6.07, 6.45) is 1.19. The Morgan fingerprint density at radius 3 is 2.74 bits per heavy atom. The molecule has 9 nitrogen and oxygen atoms in total. The number of H-pyrrole nitrogens is 1. The van der Waals surface area contributed by atoms with Crippen LogP contribution in [0, 0.1) is 6.92 Å². The van der Waals surface area contributed by atoms with Crippen molar-refractivity contribution in [3.8, 4) is 16.9 Å². The zero-order chi connectivity index (χ0) is 27.0. The minimum absolute atomic E-state index is 0.0429. The number of amides is 1. The van der Waals surface area contributed by atoms with Crippen LogP contribution in [0.3, 0.4) is 0 Å². The number of carbonyl (C=O) groups is 1. The Hall–Kier alpha value is -3.15. The second-order valence-electron chi connectivity index (χ2n) is 8.90. The van der Waals surface area contributed by atoms with Crippen LogP contribution in [0.1, 0.15) is 16.1 Å². The number of nitrogens with one attached hydrogen (secondary N) is 1. The van der Waals surface area contributed by atoms with Gasteiger partial charge in [-0.05, 0) is 60.5 Å². The average molecular weight is 575 g/mol. The second-order valence-corrected chi connectivity index (χ2v) is 11.6. The number of carbonyl (C=O) groups excluding carboxylic acids is 1. The smallest absolute Gasteiger partial charge is 0.266 e. The van der Waals surface area contributed by atoms with Gasteiger partial charge >= 0.3 is 0 Å². The number of halogens is 2. The summed E-state index contributed by atoms with van der Waals surface area (Å²) in [4.78, 5) is 18.9. The number of primary amides is 1. The molecule has 5 rings (SSSR count). The quantitative estimate of drug-likeness (QED) is 0.314. The zero-order valence-electron chi connectivity index (χ0n) is 20.3. The molecule has 4 aromatic rings. The number of hydrogen-bond donors (Lipinski definition) is 2. The number of sulfonamides is 1. The lowest BCUT2D eigenvalue weighted by molar-refractivity contribution is -0.0249. The average Bonchev–Trinajstić information content (AvgIpc) is 3.28. The predicted molar refractivity (Wildman–Crippen MR) is 145 cm³/mol. The number of rotatable bonds is 7. The zero-order valence-corrected chi connectivity index (χ0v) is 22.6. The first kappa shape index (κ1) is 26.5. The molecule has 2 aromatic heterocycles. The fraction of sp³-hybridized carbons (Fsp3) is 0.231. The number of morpholine rings is 1. The Labute approximate surface area is 229 Å². The van der Waals surface area contributed by atoms with Crippen LogP contribution in [0.25, 0.3) is 22.0 Å². The number of nitrogens with two attached hydrogens (primary N) is 1. The number of fused-ring (bicyclic) bond motifs is 1. The van der Waals surface area contributed by atoms with E-state index >= 15 is 0 Å². The molecule has 198 valence electrons. The molecule has 1 aliphatic heterocycles. The van der Waals surface area contributed by atoms with E-state index in [0.717, 1.165) is 16.7 Å². The highest BCUT2D eigenvalue weighted by Gasteiger charge is 2.36. The van der Waals surface area contributed by atoms with Gasteiger partial charge in [-0.15, -0.1) is 0 Å². The van der Waals surface area contributed by atoms with E-state index in [2.05, 4.69) is 9.97 Å². The fourth-order valence-electron chi connectivity index (χ4n) is 4.50. The van der Waals surface area contributed by atoms with Gasteiger partial charge in [-0.25, -0.2) is 13.4 Å². The maximum atomic E-state index is 13.7. The van der Waals surface area contributed by atoms with Crippen LogP contribution < -0.4 is 10.5 Å². The minimum atomic E-state index is -4.11. The summed E-state index contributed by atoms with van der Waals surface area (Å²) in [5.41, 5.74) is 8.68. The van der Waals surface area contributed by atoms with Crippen molar-refractivity contribution in [1.29, 1.82) is 0 Å². The Kier molecular flexibility index (Phi) is 7.34. The molecule has 2 aromatic carbocycles. The van der Waals surface area contributed by atoms with Crippen LogP contribution in [-0.4, -0.2) is 61.0 Å². The number of pyridine rings is 1. The molecule has 1 atom stereocenters. The summed E-state index contributed by atoms with van der Waals surface area (Å²) in [6.45, 7) is 2.43. The first-order valence-corrected chi connectivity index (χ1v) is 13.9. The molecule has 1 amide bonds. The number of hydrogen-bond acceptors (Lipinski definition) is 6. The number of nitrogens with zero attached hydrogens (tertiary/aromatic N) is 2. The van der Waals surface area contributed by atoms with Gasteiger partial charge in [0.15, 0.2) is 0 Å². The Bertz CT molecular complexity index is 1620. The molecule has 0 unspecified atom stereocenters. The highest BCUT2D eigenvalue weighted by atomic mass is 35.5. The minimum Gasteiger partial charge on any atom is -0.491 e. The molecule has 1 aliphatic rings. The van der Waals surface area contributed by atoms with Crippen LogP contribution in [0.5, 0.6) is 5.75 Å². The lowest BCUT2D eigenvalue weighted by Crippen LogP contribution is -2.47. The van der Waals surface area contributed by atoms with Crippen molar-refractivity contribution >= 4 is 50.0 Å². The number of ether oxygens (including phenoxy) is 2. The molecule has 1 fully saturated rings. The third kappa shape index (κ3) is 5.23. The van der Waals surface area contributed by atoms with Gasteiger partial charge in [0.25, 0.3) is 5.91 Å². The molecule has 0 aliphatic carbocycles. The van der Waals surface area contributed by atoms with Crippen LogP contribution in [0.4, 0.5) is 0 Å². The topological polar surface area (TPSA) is 128 Å². The maximum absolute atomic E-state index is 13.7. The molecule has 1 saturated heterocycles. The summed E-state index contributed by atoms with van der Waals surface area (Å²) in [6, 6.07) is 14.0. The molecule has 0 radical (unpaired) electrons. The largest absolute Gasteiger partial charge is 0.491 e. The summed E-state index contributed by atoms with van der Waals surface area (Å²) in [5, 5.41) is 1.07.